The third-order valence-corrected chi connectivity index (χ3v) is 2.77. The van der Waals surface area contributed by atoms with Crippen LogP contribution >= 0.6 is 0 Å². The molecule has 0 saturated heterocycles. The molecule has 0 fully saturated rings. The summed E-state index contributed by atoms with van der Waals surface area (Å²) < 4.78 is 13.0. The van der Waals surface area contributed by atoms with Gasteiger partial charge in [0.05, 0.1) is 0 Å². The summed E-state index contributed by atoms with van der Waals surface area (Å²) >= 11 is 0. The van der Waals surface area contributed by atoms with E-state index in [4.69, 9.17) is 0 Å². The number of anilines is 3. The molecule has 3 rings (SSSR count). The Kier molecular flexibility index (Phi) is 3.55. The summed E-state index contributed by atoms with van der Waals surface area (Å²) in [6, 6.07) is 6.02. The Morgan fingerprint density at radius 3 is 2.57 bits per heavy atom. The summed E-state index contributed by atoms with van der Waals surface area (Å²) in [7, 11) is 0. The zero-order valence-corrected chi connectivity index (χ0v) is 11.3. The molecular weight excluding hydrogens is 271 g/mol. The van der Waals surface area contributed by atoms with Crippen molar-refractivity contribution < 1.29 is 4.39 Å². The van der Waals surface area contributed by atoms with Gasteiger partial charge in [-0.1, -0.05) is 0 Å². The van der Waals surface area contributed by atoms with Crippen molar-refractivity contribution in [2.45, 2.75) is 6.92 Å². The Balaban J connectivity index is 2.04. The first-order valence-electron chi connectivity index (χ1n) is 6.51. The van der Waals surface area contributed by atoms with Gasteiger partial charge in [-0.15, -0.1) is 0 Å². The van der Waals surface area contributed by atoms with Crippen LogP contribution in [0.3, 0.4) is 0 Å². The Morgan fingerprint density at radius 2 is 1.81 bits per heavy atom. The molecule has 2 N–H and O–H groups in total. The molecule has 0 amide bonds. The third kappa shape index (κ3) is 2.86. The number of aromatic nitrogens is 4. The SMILES string of the molecule is CCNc1nc(Nc2ccc(F)cc2)c2nccnc2n1. The Hall–Kier alpha value is -2.83. The van der Waals surface area contributed by atoms with Gasteiger partial charge in [-0.2, -0.15) is 9.97 Å². The van der Waals surface area contributed by atoms with E-state index in [-0.39, 0.29) is 5.82 Å². The van der Waals surface area contributed by atoms with E-state index in [1.807, 2.05) is 6.92 Å². The zero-order chi connectivity index (χ0) is 14.7. The molecule has 7 heteroatoms. The lowest BCUT2D eigenvalue weighted by molar-refractivity contribution is 0.628. The van der Waals surface area contributed by atoms with Crippen LogP contribution < -0.4 is 10.6 Å². The molecule has 2 aromatic heterocycles. The van der Waals surface area contributed by atoms with E-state index in [2.05, 4.69) is 30.6 Å². The van der Waals surface area contributed by atoms with Gasteiger partial charge in [-0.3, -0.25) is 0 Å². The summed E-state index contributed by atoms with van der Waals surface area (Å²) in [5.74, 6) is 0.701. The van der Waals surface area contributed by atoms with Crippen molar-refractivity contribution in [2.24, 2.45) is 0 Å². The second kappa shape index (κ2) is 5.66. The molecule has 0 spiro atoms. The van der Waals surface area contributed by atoms with Crippen LogP contribution in [0, 0.1) is 5.82 Å². The molecule has 0 aliphatic carbocycles. The van der Waals surface area contributed by atoms with Gasteiger partial charge < -0.3 is 10.6 Å². The average molecular weight is 284 g/mol. The van der Waals surface area contributed by atoms with E-state index in [1.165, 1.54) is 12.1 Å². The van der Waals surface area contributed by atoms with E-state index in [9.17, 15) is 4.39 Å². The lowest BCUT2D eigenvalue weighted by Gasteiger charge is -2.10. The van der Waals surface area contributed by atoms with Gasteiger partial charge in [0.15, 0.2) is 17.0 Å². The van der Waals surface area contributed by atoms with Crippen LogP contribution in [-0.4, -0.2) is 26.5 Å². The third-order valence-electron chi connectivity index (χ3n) is 2.77. The Morgan fingerprint density at radius 1 is 1.05 bits per heavy atom. The fraction of sp³-hybridized carbons (Fsp3) is 0.143. The molecule has 106 valence electrons. The van der Waals surface area contributed by atoms with E-state index < -0.39 is 0 Å². The molecule has 6 nitrogen and oxygen atoms in total. The highest BCUT2D eigenvalue weighted by atomic mass is 19.1. The highest BCUT2D eigenvalue weighted by Gasteiger charge is 2.09. The highest BCUT2D eigenvalue weighted by Crippen LogP contribution is 2.22. The van der Waals surface area contributed by atoms with Crippen molar-refractivity contribution >= 4 is 28.6 Å². The van der Waals surface area contributed by atoms with Gasteiger partial charge in [0, 0.05) is 24.6 Å². The molecule has 0 radical (unpaired) electrons. The number of rotatable bonds is 4. The van der Waals surface area contributed by atoms with Gasteiger partial charge in [-0.05, 0) is 31.2 Å². The molecule has 1 aromatic carbocycles. The van der Waals surface area contributed by atoms with Gasteiger partial charge in [0.2, 0.25) is 5.95 Å². The number of halogens is 1. The molecular formula is C14H13FN6. The molecule has 0 bridgehead atoms. The van der Waals surface area contributed by atoms with Crippen LogP contribution in [0.4, 0.5) is 21.8 Å². The zero-order valence-electron chi connectivity index (χ0n) is 11.3. The van der Waals surface area contributed by atoms with Crippen molar-refractivity contribution in [3.8, 4) is 0 Å². The smallest absolute Gasteiger partial charge is 0.226 e. The number of fused-ring (bicyclic) bond motifs is 1. The number of benzene rings is 1. The van der Waals surface area contributed by atoms with Crippen molar-refractivity contribution in [3.05, 3.63) is 42.5 Å². The van der Waals surface area contributed by atoms with Crippen LogP contribution in [0.5, 0.6) is 0 Å². The van der Waals surface area contributed by atoms with E-state index >= 15 is 0 Å². The Labute approximate surface area is 120 Å². The molecule has 0 aliphatic rings. The molecule has 21 heavy (non-hydrogen) atoms. The number of hydrogen-bond donors (Lipinski definition) is 2. The molecule has 3 aromatic rings. The summed E-state index contributed by atoms with van der Waals surface area (Å²) in [5.41, 5.74) is 1.76. The first-order valence-corrected chi connectivity index (χ1v) is 6.51. The first kappa shape index (κ1) is 13.2. The minimum Gasteiger partial charge on any atom is -0.354 e. The number of hydrogen-bond acceptors (Lipinski definition) is 6. The highest BCUT2D eigenvalue weighted by molar-refractivity contribution is 5.85. The largest absolute Gasteiger partial charge is 0.354 e. The Bertz CT molecular complexity index is 759. The first-order chi connectivity index (χ1) is 10.3. The van der Waals surface area contributed by atoms with Crippen molar-refractivity contribution in [1.29, 1.82) is 0 Å². The quantitative estimate of drug-likeness (QED) is 0.767. The summed E-state index contributed by atoms with van der Waals surface area (Å²) in [6.07, 6.45) is 3.15. The van der Waals surface area contributed by atoms with Gasteiger partial charge in [0.1, 0.15) is 5.82 Å². The van der Waals surface area contributed by atoms with Crippen LogP contribution in [0.25, 0.3) is 11.2 Å². The van der Waals surface area contributed by atoms with Crippen LogP contribution in [-0.2, 0) is 0 Å². The van der Waals surface area contributed by atoms with Crippen molar-refractivity contribution in [3.63, 3.8) is 0 Å². The maximum absolute atomic E-state index is 13.0. The van der Waals surface area contributed by atoms with E-state index in [0.29, 0.717) is 35.2 Å². The lowest BCUT2D eigenvalue weighted by Crippen LogP contribution is -2.06. The molecule has 0 unspecified atom stereocenters. The summed E-state index contributed by atoms with van der Waals surface area (Å²) in [6.45, 7) is 2.65. The van der Waals surface area contributed by atoms with Crippen LogP contribution in [0.2, 0.25) is 0 Å². The topological polar surface area (TPSA) is 75.6 Å². The van der Waals surface area contributed by atoms with E-state index in [0.717, 1.165) is 0 Å². The monoisotopic (exact) mass is 284 g/mol. The van der Waals surface area contributed by atoms with E-state index in [1.54, 1.807) is 24.5 Å². The standard InChI is InChI=1S/C14H13FN6/c1-2-16-14-20-12-11(17-7-8-18-12)13(21-14)19-10-5-3-9(15)4-6-10/h3-8H,2H2,1H3,(H2,16,18,19,20,21). The molecule has 0 aliphatic heterocycles. The molecule has 2 heterocycles. The second-order valence-electron chi connectivity index (χ2n) is 4.29. The maximum Gasteiger partial charge on any atom is 0.226 e. The second-order valence-corrected chi connectivity index (χ2v) is 4.29. The minimum atomic E-state index is -0.291. The molecule has 0 saturated carbocycles. The van der Waals surface area contributed by atoms with Crippen LogP contribution in [0.15, 0.2) is 36.7 Å². The van der Waals surface area contributed by atoms with Crippen LogP contribution in [0.1, 0.15) is 6.92 Å². The maximum atomic E-state index is 13.0. The molecule has 0 atom stereocenters. The van der Waals surface area contributed by atoms with Crippen molar-refractivity contribution in [1.82, 2.24) is 19.9 Å². The lowest BCUT2D eigenvalue weighted by atomic mass is 10.3. The van der Waals surface area contributed by atoms with Gasteiger partial charge in [-0.25, -0.2) is 14.4 Å². The number of nitrogens with one attached hydrogen (secondary N) is 2. The van der Waals surface area contributed by atoms with Gasteiger partial charge >= 0.3 is 0 Å². The van der Waals surface area contributed by atoms with Crippen molar-refractivity contribution in [2.75, 3.05) is 17.2 Å². The number of nitrogens with zero attached hydrogens (tertiary/aromatic N) is 4. The normalized spacial score (nSPS) is 10.6. The minimum absolute atomic E-state index is 0.291. The fourth-order valence-corrected chi connectivity index (χ4v) is 1.86. The predicted molar refractivity (Wildman–Crippen MR) is 79.0 cm³/mol. The summed E-state index contributed by atoms with van der Waals surface area (Å²) in [5, 5.41) is 6.16. The predicted octanol–water partition coefficient (Wildman–Crippen LogP) is 2.73. The summed E-state index contributed by atoms with van der Waals surface area (Å²) in [4.78, 5) is 17.1. The van der Waals surface area contributed by atoms with Gasteiger partial charge in [0.25, 0.3) is 0 Å². The fourth-order valence-electron chi connectivity index (χ4n) is 1.86. The average Bonchev–Trinajstić information content (AvgIpc) is 2.50.